The van der Waals surface area contributed by atoms with Crippen molar-refractivity contribution in [2.45, 2.75) is 46.2 Å². The average molecular weight is 598 g/mol. The standard InChI is InChI=1S/C34H36FN5O4/c1-19(2)25-13-22(14-26(15-25)30(41)23-9-11-27(35)12-10-23)18-40-31(28-16-24(33(43)37-6)8-7-20(28)3)38-17-29(34(40)44)39-32(42)21(4)36-5/h7-17,19,21,36H,18H2,1-6H3,(H,37,43)(H,39,42)/t21-/m0/s1. The number of hydrogen-bond donors (Lipinski definition) is 3. The second kappa shape index (κ2) is 13.6. The highest BCUT2D eigenvalue weighted by atomic mass is 19.1. The highest BCUT2D eigenvalue weighted by molar-refractivity contribution is 6.09. The van der Waals surface area contributed by atoms with Gasteiger partial charge in [-0.15, -0.1) is 0 Å². The van der Waals surface area contributed by atoms with E-state index in [9.17, 15) is 23.6 Å². The summed E-state index contributed by atoms with van der Waals surface area (Å²) in [6.45, 7) is 7.53. The molecular formula is C34H36FN5O4. The SMILES string of the molecule is CNC(=O)c1ccc(C)c(-c2ncc(NC(=O)[C@H](C)NC)c(=O)n2Cc2cc(C(=O)c3ccc(F)cc3)cc(C(C)C)c2)c1. The van der Waals surface area contributed by atoms with Gasteiger partial charge in [-0.3, -0.25) is 23.7 Å². The number of nitrogens with zero attached hydrogens (tertiary/aromatic N) is 2. The summed E-state index contributed by atoms with van der Waals surface area (Å²) in [7, 11) is 3.17. The number of ketones is 1. The zero-order valence-corrected chi connectivity index (χ0v) is 25.6. The number of aryl methyl sites for hydroxylation is 1. The molecule has 0 aliphatic carbocycles. The third kappa shape index (κ3) is 6.98. The number of nitrogens with one attached hydrogen (secondary N) is 3. The first-order valence-electron chi connectivity index (χ1n) is 14.3. The van der Waals surface area contributed by atoms with Gasteiger partial charge in [0.2, 0.25) is 5.91 Å². The average Bonchev–Trinajstić information content (AvgIpc) is 3.02. The number of amides is 2. The molecule has 3 aromatic carbocycles. The zero-order valence-electron chi connectivity index (χ0n) is 25.6. The van der Waals surface area contributed by atoms with Gasteiger partial charge in [0.1, 0.15) is 17.3 Å². The van der Waals surface area contributed by atoms with Crippen molar-refractivity contribution in [3.63, 3.8) is 0 Å². The molecule has 44 heavy (non-hydrogen) atoms. The van der Waals surface area contributed by atoms with Gasteiger partial charge < -0.3 is 16.0 Å². The van der Waals surface area contributed by atoms with Gasteiger partial charge in [-0.25, -0.2) is 9.37 Å². The quantitative estimate of drug-likeness (QED) is 0.229. The number of benzene rings is 3. The van der Waals surface area contributed by atoms with Crippen LogP contribution in [0, 0.1) is 12.7 Å². The van der Waals surface area contributed by atoms with Gasteiger partial charge >= 0.3 is 0 Å². The number of carbonyl (C=O) groups is 3. The second-order valence-electron chi connectivity index (χ2n) is 10.9. The van der Waals surface area contributed by atoms with Gasteiger partial charge in [-0.05, 0) is 92.0 Å². The van der Waals surface area contributed by atoms with E-state index < -0.39 is 23.3 Å². The third-order valence-electron chi connectivity index (χ3n) is 7.49. The molecule has 10 heteroatoms. The molecule has 1 atom stereocenters. The maximum Gasteiger partial charge on any atom is 0.277 e. The van der Waals surface area contributed by atoms with Crippen molar-refractivity contribution in [2.75, 3.05) is 19.4 Å². The molecule has 3 N–H and O–H groups in total. The van der Waals surface area contributed by atoms with Crippen molar-refractivity contribution >= 4 is 23.3 Å². The van der Waals surface area contributed by atoms with Crippen LogP contribution in [0.15, 0.2) is 71.7 Å². The Labute approximate surface area is 255 Å². The van der Waals surface area contributed by atoms with E-state index >= 15 is 0 Å². The van der Waals surface area contributed by atoms with Crippen LogP contribution in [0.25, 0.3) is 11.4 Å². The van der Waals surface area contributed by atoms with Gasteiger partial charge in [-0.1, -0.05) is 26.0 Å². The van der Waals surface area contributed by atoms with Crippen molar-refractivity contribution in [1.29, 1.82) is 0 Å². The van der Waals surface area contributed by atoms with Crippen LogP contribution in [0.2, 0.25) is 0 Å². The zero-order chi connectivity index (χ0) is 32.1. The van der Waals surface area contributed by atoms with E-state index in [1.165, 1.54) is 42.1 Å². The first kappa shape index (κ1) is 32.0. The molecule has 0 aliphatic heterocycles. The minimum atomic E-state index is -0.559. The van der Waals surface area contributed by atoms with Crippen molar-refractivity contribution in [3.05, 3.63) is 116 Å². The second-order valence-corrected chi connectivity index (χ2v) is 10.9. The lowest BCUT2D eigenvalue weighted by Gasteiger charge is -2.18. The highest BCUT2D eigenvalue weighted by Crippen LogP contribution is 2.26. The summed E-state index contributed by atoms with van der Waals surface area (Å²) in [6.07, 6.45) is 1.31. The maximum atomic E-state index is 14.0. The molecule has 0 fully saturated rings. The van der Waals surface area contributed by atoms with Crippen molar-refractivity contribution < 1.29 is 18.8 Å². The van der Waals surface area contributed by atoms with Crippen LogP contribution < -0.4 is 21.5 Å². The molecule has 228 valence electrons. The molecule has 0 spiro atoms. The molecule has 1 heterocycles. The Hall–Kier alpha value is -4.96. The molecular weight excluding hydrogens is 561 g/mol. The summed E-state index contributed by atoms with van der Waals surface area (Å²) >= 11 is 0. The summed E-state index contributed by atoms with van der Waals surface area (Å²) < 4.78 is 15.0. The molecule has 4 aromatic rings. The smallest absolute Gasteiger partial charge is 0.277 e. The number of anilines is 1. The van der Waals surface area contributed by atoms with Crippen LogP contribution >= 0.6 is 0 Å². The van der Waals surface area contributed by atoms with Crippen LogP contribution in [0.5, 0.6) is 0 Å². The van der Waals surface area contributed by atoms with Crippen LogP contribution in [-0.2, 0) is 11.3 Å². The largest absolute Gasteiger partial charge is 0.355 e. The Morgan fingerprint density at radius 1 is 0.909 bits per heavy atom. The normalized spacial score (nSPS) is 11.7. The number of rotatable bonds is 10. The van der Waals surface area contributed by atoms with E-state index in [1.54, 1.807) is 44.3 Å². The number of hydrogen-bond acceptors (Lipinski definition) is 6. The van der Waals surface area contributed by atoms with E-state index in [2.05, 4.69) is 20.9 Å². The van der Waals surface area contributed by atoms with Crippen LogP contribution in [0.1, 0.15) is 69.7 Å². The number of aromatic nitrogens is 2. The van der Waals surface area contributed by atoms with E-state index in [4.69, 9.17) is 0 Å². The summed E-state index contributed by atoms with van der Waals surface area (Å²) in [5, 5.41) is 8.11. The summed E-state index contributed by atoms with van der Waals surface area (Å²) in [4.78, 5) is 57.2. The van der Waals surface area contributed by atoms with Gasteiger partial charge in [0.25, 0.3) is 11.5 Å². The first-order valence-corrected chi connectivity index (χ1v) is 14.3. The molecule has 0 bridgehead atoms. The summed E-state index contributed by atoms with van der Waals surface area (Å²) in [5.41, 5.74) is 3.48. The highest BCUT2D eigenvalue weighted by Gasteiger charge is 2.20. The fourth-order valence-electron chi connectivity index (χ4n) is 4.68. The summed E-state index contributed by atoms with van der Waals surface area (Å²) in [6, 6.07) is 15.4. The Kier molecular flexibility index (Phi) is 9.85. The Morgan fingerprint density at radius 3 is 2.23 bits per heavy atom. The molecule has 0 saturated heterocycles. The Balaban J connectivity index is 1.89. The van der Waals surface area contributed by atoms with Crippen LogP contribution in [0.4, 0.5) is 10.1 Å². The molecule has 1 aromatic heterocycles. The maximum absolute atomic E-state index is 14.0. The van der Waals surface area contributed by atoms with Gasteiger partial charge in [0.05, 0.1) is 18.8 Å². The van der Waals surface area contributed by atoms with E-state index in [0.717, 1.165) is 11.1 Å². The van der Waals surface area contributed by atoms with E-state index in [1.807, 2.05) is 26.8 Å². The minimum absolute atomic E-state index is 0.0106. The fraction of sp³-hybridized carbons (Fsp3) is 0.265. The molecule has 0 radical (unpaired) electrons. The first-order chi connectivity index (χ1) is 20.9. The lowest BCUT2D eigenvalue weighted by atomic mass is 9.94. The Bertz CT molecular complexity index is 1780. The van der Waals surface area contributed by atoms with Crippen LogP contribution in [-0.4, -0.2) is 47.3 Å². The van der Waals surface area contributed by atoms with Crippen LogP contribution in [0.3, 0.4) is 0 Å². The van der Waals surface area contributed by atoms with Crippen molar-refractivity contribution in [3.8, 4) is 11.4 Å². The van der Waals surface area contributed by atoms with Gasteiger partial charge in [-0.2, -0.15) is 0 Å². The predicted molar refractivity (Wildman–Crippen MR) is 169 cm³/mol. The number of likely N-dealkylation sites (N-methyl/N-ethyl adjacent to an activating group) is 1. The van der Waals surface area contributed by atoms with E-state index in [0.29, 0.717) is 33.6 Å². The molecule has 2 amide bonds. The molecule has 0 unspecified atom stereocenters. The lowest BCUT2D eigenvalue weighted by molar-refractivity contribution is -0.117. The monoisotopic (exact) mass is 597 g/mol. The topological polar surface area (TPSA) is 122 Å². The molecule has 4 rings (SSSR count). The number of carbonyl (C=O) groups excluding carboxylic acids is 3. The van der Waals surface area contributed by atoms with Gasteiger partial charge in [0, 0.05) is 29.3 Å². The minimum Gasteiger partial charge on any atom is -0.355 e. The third-order valence-corrected chi connectivity index (χ3v) is 7.49. The summed E-state index contributed by atoms with van der Waals surface area (Å²) in [5.74, 6) is -1.07. The fourth-order valence-corrected chi connectivity index (χ4v) is 4.68. The molecule has 0 aliphatic rings. The Morgan fingerprint density at radius 2 is 1.59 bits per heavy atom. The van der Waals surface area contributed by atoms with Crippen molar-refractivity contribution in [2.24, 2.45) is 0 Å². The van der Waals surface area contributed by atoms with Gasteiger partial charge in [0.15, 0.2) is 5.78 Å². The number of halogens is 1. The van der Waals surface area contributed by atoms with Crippen molar-refractivity contribution in [1.82, 2.24) is 20.2 Å². The molecule has 0 saturated carbocycles. The predicted octanol–water partition coefficient (Wildman–Crippen LogP) is 4.67. The van der Waals surface area contributed by atoms with E-state index in [-0.39, 0.29) is 29.8 Å². The lowest BCUT2D eigenvalue weighted by Crippen LogP contribution is -2.38. The molecule has 9 nitrogen and oxygen atoms in total.